The summed E-state index contributed by atoms with van der Waals surface area (Å²) in [6, 6.07) is 12.6. The normalized spacial score (nSPS) is 11.4. The minimum Gasteiger partial charge on any atom is -0.494 e. The van der Waals surface area contributed by atoms with Crippen molar-refractivity contribution in [2.75, 3.05) is 6.61 Å². The fraction of sp³-hybridized carbons (Fsp3) is 0.118. The van der Waals surface area contributed by atoms with Gasteiger partial charge in [0.15, 0.2) is 0 Å². The van der Waals surface area contributed by atoms with Gasteiger partial charge in [-0.1, -0.05) is 23.7 Å². The molecule has 1 amide bonds. The average molecular weight is 366 g/mol. The quantitative estimate of drug-likeness (QED) is 0.797. The van der Waals surface area contributed by atoms with Gasteiger partial charge in [-0.3, -0.25) is 4.79 Å². The number of sulfonamides is 1. The van der Waals surface area contributed by atoms with E-state index in [1.807, 2.05) is 11.6 Å². The van der Waals surface area contributed by atoms with E-state index < -0.39 is 15.9 Å². The number of nitrogens with one attached hydrogen (secondary N) is 1. The van der Waals surface area contributed by atoms with Crippen LogP contribution in [-0.4, -0.2) is 20.9 Å². The van der Waals surface area contributed by atoms with Crippen LogP contribution in [0.2, 0.25) is 5.02 Å². The van der Waals surface area contributed by atoms with Gasteiger partial charge < -0.3 is 4.74 Å². The largest absolute Gasteiger partial charge is 0.494 e. The van der Waals surface area contributed by atoms with Gasteiger partial charge in [-0.2, -0.15) is 0 Å². The Bertz CT molecular complexity index is 828. The third-order valence-electron chi connectivity index (χ3n) is 2.98. The number of amides is 1. The minimum absolute atomic E-state index is 0.0146. The van der Waals surface area contributed by atoms with Crippen molar-refractivity contribution < 1.29 is 17.9 Å². The highest BCUT2D eigenvalue weighted by molar-refractivity contribution is 7.90. The molecule has 7 heteroatoms. The van der Waals surface area contributed by atoms with Crippen molar-refractivity contribution in [1.29, 1.82) is 0 Å². The summed E-state index contributed by atoms with van der Waals surface area (Å²) in [5.41, 5.74) is 0.730. The third kappa shape index (κ3) is 5.11. The topological polar surface area (TPSA) is 72.5 Å². The molecule has 0 aromatic heterocycles. The standard InChI is InChI=1S/C17H16ClNO4S/c1-2-23-15-8-10-16(11-9-15)24(21,22)19-17(20)12-5-13-3-6-14(18)7-4-13/h3-12H,2H2,1H3,(H,19,20)/b12-5+. The van der Waals surface area contributed by atoms with Crippen molar-refractivity contribution in [1.82, 2.24) is 4.72 Å². The summed E-state index contributed by atoms with van der Waals surface area (Å²) >= 11 is 5.77. The van der Waals surface area contributed by atoms with E-state index >= 15 is 0 Å². The van der Waals surface area contributed by atoms with Crippen molar-refractivity contribution in [3.63, 3.8) is 0 Å². The first-order chi connectivity index (χ1) is 11.4. The molecule has 0 spiro atoms. The van der Waals surface area contributed by atoms with Crippen LogP contribution in [0.1, 0.15) is 12.5 Å². The highest BCUT2D eigenvalue weighted by atomic mass is 35.5. The van der Waals surface area contributed by atoms with Gasteiger partial charge in [0.1, 0.15) is 5.75 Å². The number of carbonyl (C=O) groups excluding carboxylic acids is 1. The van der Waals surface area contributed by atoms with E-state index in [2.05, 4.69) is 0 Å². The Balaban J connectivity index is 2.04. The van der Waals surface area contributed by atoms with Crippen LogP contribution in [0.5, 0.6) is 5.75 Å². The van der Waals surface area contributed by atoms with Gasteiger partial charge in [0, 0.05) is 11.1 Å². The van der Waals surface area contributed by atoms with Gasteiger partial charge in [0.05, 0.1) is 11.5 Å². The Kier molecular flexibility index (Phi) is 6.00. The Morgan fingerprint density at radius 1 is 1.12 bits per heavy atom. The number of carbonyl (C=O) groups is 1. The molecule has 0 saturated heterocycles. The Morgan fingerprint density at radius 2 is 1.75 bits per heavy atom. The molecule has 0 unspecified atom stereocenters. The first-order valence-corrected chi connectivity index (χ1v) is 9.00. The lowest BCUT2D eigenvalue weighted by Crippen LogP contribution is -2.28. The van der Waals surface area contributed by atoms with Crippen molar-refractivity contribution in [2.45, 2.75) is 11.8 Å². The number of hydrogen-bond donors (Lipinski definition) is 1. The molecule has 0 heterocycles. The van der Waals surface area contributed by atoms with Crippen LogP contribution in [0.3, 0.4) is 0 Å². The monoisotopic (exact) mass is 365 g/mol. The Morgan fingerprint density at radius 3 is 2.33 bits per heavy atom. The lowest BCUT2D eigenvalue weighted by Gasteiger charge is -2.06. The van der Waals surface area contributed by atoms with E-state index in [1.165, 1.54) is 30.3 Å². The van der Waals surface area contributed by atoms with Crippen LogP contribution < -0.4 is 9.46 Å². The molecule has 0 fully saturated rings. The molecule has 0 radical (unpaired) electrons. The molecule has 126 valence electrons. The maximum Gasteiger partial charge on any atom is 0.264 e. The van der Waals surface area contributed by atoms with Crippen LogP contribution >= 0.6 is 11.6 Å². The summed E-state index contributed by atoms with van der Waals surface area (Å²) in [6.07, 6.45) is 2.65. The molecule has 2 rings (SSSR count). The Hall–Kier alpha value is -2.31. The summed E-state index contributed by atoms with van der Waals surface area (Å²) in [7, 11) is -3.93. The van der Waals surface area contributed by atoms with Gasteiger partial charge in [0.25, 0.3) is 15.9 Å². The van der Waals surface area contributed by atoms with Gasteiger partial charge in [-0.15, -0.1) is 0 Å². The zero-order chi connectivity index (χ0) is 17.6. The first kappa shape index (κ1) is 18.0. The third-order valence-corrected chi connectivity index (χ3v) is 4.59. The van der Waals surface area contributed by atoms with Gasteiger partial charge in [0.2, 0.25) is 0 Å². The molecule has 0 aliphatic rings. The van der Waals surface area contributed by atoms with E-state index in [1.54, 1.807) is 24.3 Å². The molecule has 0 bridgehead atoms. The summed E-state index contributed by atoms with van der Waals surface area (Å²) in [5, 5.41) is 0.578. The van der Waals surface area contributed by atoms with Crippen LogP contribution in [0, 0.1) is 0 Å². The molecule has 24 heavy (non-hydrogen) atoms. The molecular formula is C17H16ClNO4S. The van der Waals surface area contributed by atoms with Gasteiger partial charge in [-0.05, 0) is 55.0 Å². The fourth-order valence-corrected chi connectivity index (χ4v) is 2.92. The molecule has 0 aliphatic carbocycles. The molecule has 0 aliphatic heterocycles. The van der Waals surface area contributed by atoms with Gasteiger partial charge in [-0.25, -0.2) is 13.1 Å². The van der Waals surface area contributed by atoms with Crippen molar-refractivity contribution in [2.24, 2.45) is 0 Å². The highest BCUT2D eigenvalue weighted by Crippen LogP contribution is 2.16. The number of halogens is 1. The van der Waals surface area contributed by atoms with Crippen LogP contribution in [0.4, 0.5) is 0 Å². The van der Waals surface area contributed by atoms with E-state index in [0.29, 0.717) is 17.4 Å². The van der Waals surface area contributed by atoms with E-state index in [4.69, 9.17) is 16.3 Å². The zero-order valence-electron chi connectivity index (χ0n) is 12.9. The summed E-state index contributed by atoms with van der Waals surface area (Å²) in [6.45, 7) is 2.32. The molecule has 0 saturated carbocycles. The van der Waals surface area contributed by atoms with Gasteiger partial charge >= 0.3 is 0 Å². The highest BCUT2D eigenvalue weighted by Gasteiger charge is 2.16. The zero-order valence-corrected chi connectivity index (χ0v) is 14.5. The van der Waals surface area contributed by atoms with Crippen LogP contribution in [0.15, 0.2) is 59.5 Å². The number of rotatable bonds is 6. The predicted octanol–water partition coefficient (Wildman–Crippen LogP) is 3.26. The van der Waals surface area contributed by atoms with E-state index in [0.717, 1.165) is 11.6 Å². The second-order valence-corrected chi connectivity index (χ2v) is 6.88. The molecule has 2 aromatic carbocycles. The van der Waals surface area contributed by atoms with E-state index in [9.17, 15) is 13.2 Å². The minimum atomic E-state index is -3.93. The van der Waals surface area contributed by atoms with Crippen LogP contribution in [-0.2, 0) is 14.8 Å². The number of ether oxygens (including phenoxy) is 1. The molecular weight excluding hydrogens is 350 g/mol. The summed E-state index contributed by atoms with van der Waals surface area (Å²) in [4.78, 5) is 11.8. The smallest absolute Gasteiger partial charge is 0.264 e. The summed E-state index contributed by atoms with van der Waals surface area (Å²) < 4.78 is 31.5. The maximum absolute atomic E-state index is 12.1. The molecule has 5 nitrogen and oxygen atoms in total. The number of benzene rings is 2. The maximum atomic E-state index is 12.1. The average Bonchev–Trinajstić information content (AvgIpc) is 2.55. The summed E-state index contributed by atoms with van der Waals surface area (Å²) in [5.74, 6) is -0.177. The van der Waals surface area contributed by atoms with Crippen molar-refractivity contribution in [3.8, 4) is 5.75 Å². The molecule has 1 N–H and O–H groups in total. The van der Waals surface area contributed by atoms with Crippen molar-refractivity contribution in [3.05, 3.63) is 65.2 Å². The second-order valence-electron chi connectivity index (χ2n) is 4.76. The lowest BCUT2D eigenvalue weighted by molar-refractivity contribution is -0.114. The first-order valence-electron chi connectivity index (χ1n) is 7.14. The number of hydrogen-bond acceptors (Lipinski definition) is 4. The van der Waals surface area contributed by atoms with Crippen molar-refractivity contribution >= 4 is 33.6 Å². The predicted molar refractivity (Wildman–Crippen MR) is 93.4 cm³/mol. The molecule has 0 atom stereocenters. The second kappa shape index (κ2) is 7.99. The van der Waals surface area contributed by atoms with Crippen LogP contribution in [0.25, 0.3) is 6.08 Å². The fourth-order valence-electron chi connectivity index (χ4n) is 1.85. The Labute approximate surface area is 146 Å². The SMILES string of the molecule is CCOc1ccc(S(=O)(=O)NC(=O)/C=C/c2ccc(Cl)cc2)cc1. The van der Waals surface area contributed by atoms with E-state index in [-0.39, 0.29) is 4.90 Å². The lowest BCUT2D eigenvalue weighted by atomic mass is 10.2. The molecule has 2 aromatic rings.